The number of ether oxygens (including phenoxy) is 1. The molecule has 0 radical (unpaired) electrons. The third-order valence-electron chi connectivity index (χ3n) is 2.91. The van der Waals surface area contributed by atoms with Crippen LogP contribution in [0.5, 0.6) is 0 Å². The molecule has 0 saturated carbocycles. The highest BCUT2D eigenvalue weighted by Crippen LogP contribution is 2.30. The Balaban J connectivity index is 2.96. The second-order valence-electron chi connectivity index (χ2n) is 4.94. The number of carbonyl (C=O) groups is 1. The van der Waals surface area contributed by atoms with Gasteiger partial charge >= 0.3 is 6.18 Å². The fraction of sp³-hybridized carbons (Fsp3) is 0.500. The molecule has 0 bridgehead atoms. The highest BCUT2D eigenvalue weighted by atomic mass is 19.4. The minimum Gasteiger partial charge on any atom is -0.384 e. The Labute approximate surface area is 120 Å². The van der Waals surface area contributed by atoms with Crippen molar-refractivity contribution in [1.29, 1.82) is 0 Å². The number of rotatable bonds is 5. The van der Waals surface area contributed by atoms with Gasteiger partial charge in [-0.05, 0) is 24.1 Å². The lowest BCUT2D eigenvalue weighted by Gasteiger charge is -2.22. The maximum atomic E-state index is 13.6. The quantitative estimate of drug-likeness (QED) is 0.782. The summed E-state index contributed by atoms with van der Waals surface area (Å²) in [6.45, 7) is 2.46. The highest BCUT2D eigenvalue weighted by molar-refractivity contribution is 5.94. The maximum Gasteiger partial charge on any atom is 0.416 e. The third-order valence-corrected chi connectivity index (χ3v) is 2.91. The molecule has 0 fully saturated rings. The first-order valence-electron chi connectivity index (χ1n) is 6.28. The van der Waals surface area contributed by atoms with E-state index in [1.54, 1.807) is 0 Å². The van der Waals surface area contributed by atoms with Crippen LogP contribution in [0.2, 0.25) is 0 Å². The predicted molar refractivity (Wildman–Crippen MR) is 69.4 cm³/mol. The number of hydrogen-bond acceptors (Lipinski definition) is 2. The zero-order chi connectivity index (χ0) is 16.2. The molecule has 1 atom stereocenters. The standard InChI is InChI=1S/C14H17F4NO2/c1-9(8-21-3)7-19(2)13(20)11-6-10(14(16,17)18)4-5-12(11)15/h4-6,9H,7-8H2,1-3H3/t9-/m0/s1. The van der Waals surface area contributed by atoms with Crippen molar-refractivity contribution >= 4 is 5.91 Å². The Bertz CT molecular complexity index is 502. The lowest BCUT2D eigenvalue weighted by atomic mass is 10.1. The van der Waals surface area contributed by atoms with Crippen LogP contribution >= 0.6 is 0 Å². The van der Waals surface area contributed by atoms with Gasteiger partial charge in [-0.2, -0.15) is 13.2 Å². The summed E-state index contributed by atoms with van der Waals surface area (Å²) in [6.07, 6.45) is -4.62. The summed E-state index contributed by atoms with van der Waals surface area (Å²) >= 11 is 0. The lowest BCUT2D eigenvalue weighted by molar-refractivity contribution is -0.137. The van der Waals surface area contributed by atoms with Gasteiger partial charge in [0, 0.05) is 20.7 Å². The van der Waals surface area contributed by atoms with Crippen molar-refractivity contribution < 1.29 is 27.1 Å². The average molecular weight is 307 g/mol. The van der Waals surface area contributed by atoms with Gasteiger partial charge in [0.1, 0.15) is 5.82 Å². The van der Waals surface area contributed by atoms with Gasteiger partial charge in [0.15, 0.2) is 0 Å². The van der Waals surface area contributed by atoms with E-state index in [0.717, 1.165) is 0 Å². The van der Waals surface area contributed by atoms with Crippen LogP contribution in [0.25, 0.3) is 0 Å². The number of carbonyl (C=O) groups excluding carboxylic acids is 1. The predicted octanol–water partition coefficient (Wildman–Crippen LogP) is 3.20. The number of nitrogens with zero attached hydrogens (tertiary/aromatic N) is 1. The van der Waals surface area contributed by atoms with E-state index in [9.17, 15) is 22.4 Å². The Morgan fingerprint density at radius 3 is 2.52 bits per heavy atom. The molecule has 0 N–H and O–H groups in total. The second-order valence-corrected chi connectivity index (χ2v) is 4.94. The summed E-state index contributed by atoms with van der Waals surface area (Å²) in [5, 5.41) is 0. The Kier molecular flexibility index (Phi) is 5.71. The molecule has 0 aliphatic carbocycles. The van der Waals surface area contributed by atoms with Crippen LogP contribution in [0.3, 0.4) is 0 Å². The normalized spacial score (nSPS) is 13.1. The van der Waals surface area contributed by atoms with E-state index in [0.29, 0.717) is 24.8 Å². The first-order chi connectivity index (χ1) is 9.66. The molecule has 0 saturated heterocycles. The maximum absolute atomic E-state index is 13.6. The number of alkyl halides is 3. The van der Waals surface area contributed by atoms with E-state index in [1.807, 2.05) is 6.92 Å². The Hall–Kier alpha value is -1.63. The first kappa shape index (κ1) is 17.4. The average Bonchev–Trinajstić information content (AvgIpc) is 2.37. The van der Waals surface area contributed by atoms with Crippen LogP contribution < -0.4 is 0 Å². The molecule has 7 heteroatoms. The van der Waals surface area contributed by atoms with Crippen molar-refractivity contribution in [2.75, 3.05) is 27.3 Å². The molecule has 0 heterocycles. The molecule has 21 heavy (non-hydrogen) atoms. The van der Waals surface area contributed by atoms with Crippen LogP contribution in [-0.4, -0.2) is 38.1 Å². The van der Waals surface area contributed by atoms with E-state index in [4.69, 9.17) is 4.74 Å². The SMILES string of the molecule is COC[C@@H](C)CN(C)C(=O)c1cc(C(F)(F)F)ccc1F. The van der Waals surface area contributed by atoms with Crippen LogP contribution in [0, 0.1) is 11.7 Å². The Morgan fingerprint density at radius 2 is 2.00 bits per heavy atom. The minimum atomic E-state index is -4.62. The van der Waals surface area contributed by atoms with Crippen molar-refractivity contribution in [2.24, 2.45) is 5.92 Å². The molecule has 0 aromatic heterocycles. The van der Waals surface area contributed by atoms with Gasteiger partial charge in [0.05, 0.1) is 17.7 Å². The summed E-state index contributed by atoms with van der Waals surface area (Å²) in [6, 6.07) is 1.80. The molecule has 3 nitrogen and oxygen atoms in total. The number of benzene rings is 1. The molecule has 1 aromatic carbocycles. The van der Waals surface area contributed by atoms with Crippen molar-refractivity contribution in [2.45, 2.75) is 13.1 Å². The summed E-state index contributed by atoms with van der Waals surface area (Å²) in [7, 11) is 2.92. The van der Waals surface area contributed by atoms with Crippen molar-refractivity contribution in [3.63, 3.8) is 0 Å². The van der Waals surface area contributed by atoms with E-state index < -0.39 is 29.0 Å². The van der Waals surface area contributed by atoms with Crippen LogP contribution in [0.1, 0.15) is 22.8 Å². The van der Waals surface area contributed by atoms with E-state index in [2.05, 4.69) is 0 Å². The molecule has 1 amide bonds. The van der Waals surface area contributed by atoms with Crippen molar-refractivity contribution in [3.8, 4) is 0 Å². The van der Waals surface area contributed by atoms with E-state index in [1.165, 1.54) is 19.1 Å². The highest BCUT2D eigenvalue weighted by Gasteiger charge is 2.32. The van der Waals surface area contributed by atoms with E-state index in [-0.39, 0.29) is 12.5 Å². The molecular formula is C14H17F4NO2. The Morgan fingerprint density at radius 1 is 1.38 bits per heavy atom. The zero-order valence-corrected chi connectivity index (χ0v) is 12.0. The number of amides is 1. The lowest BCUT2D eigenvalue weighted by Crippen LogP contribution is -2.33. The van der Waals surface area contributed by atoms with Crippen LogP contribution in [0.4, 0.5) is 17.6 Å². The van der Waals surface area contributed by atoms with Gasteiger partial charge in [-0.15, -0.1) is 0 Å². The van der Waals surface area contributed by atoms with Crippen molar-refractivity contribution in [1.82, 2.24) is 4.90 Å². The monoisotopic (exact) mass is 307 g/mol. The third kappa shape index (κ3) is 4.70. The molecular weight excluding hydrogens is 290 g/mol. The van der Waals surface area contributed by atoms with Gasteiger partial charge in [-0.1, -0.05) is 6.92 Å². The van der Waals surface area contributed by atoms with Gasteiger partial charge in [0.25, 0.3) is 5.91 Å². The number of hydrogen-bond donors (Lipinski definition) is 0. The molecule has 0 spiro atoms. The smallest absolute Gasteiger partial charge is 0.384 e. The minimum absolute atomic E-state index is 0.0159. The van der Waals surface area contributed by atoms with E-state index >= 15 is 0 Å². The van der Waals surface area contributed by atoms with Gasteiger partial charge < -0.3 is 9.64 Å². The zero-order valence-electron chi connectivity index (χ0n) is 12.0. The van der Waals surface area contributed by atoms with Gasteiger partial charge in [-0.25, -0.2) is 4.39 Å². The fourth-order valence-corrected chi connectivity index (χ4v) is 1.96. The molecule has 0 aliphatic heterocycles. The number of methoxy groups -OCH3 is 1. The summed E-state index contributed by atoms with van der Waals surface area (Å²) in [4.78, 5) is 13.2. The summed E-state index contributed by atoms with van der Waals surface area (Å²) < 4.78 is 56.4. The number of halogens is 4. The molecule has 0 unspecified atom stereocenters. The van der Waals surface area contributed by atoms with Gasteiger partial charge in [-0.3, -0.25) is 4.79 Å². The first-order valence-corrected chi connectivity index (χ1v) is 6.28. The molecule has 1 aromatic rings. The van der Waals surface area contributed by atoms with Gasteiger partial charge in [0.2, 0.25) is 0 Å². The second kappa shape index (κ2) is 6.89. The largest absolute Gasteiger partial charge is 0.416 e. The van der Waals surface area contributed by atoms with Crippen LogP contribution in [0.15, 0.2) is 18.2 Å². The molecule has 0 aliphatic rings. The molecule has 118 valence electrons. The topological polar surface area (TPSA) is 29.5 Å². The molecule has 1 rings (SSSR count). The summed E-state index contributed by atoms with van der Waals surface area (Å²) in [5.41, 5.74) is -1.64. The van der Waals surface area contributed by atoms with Crippen molar-refractivity contribution in [3.05, 3.63) is 35.1 Å². The fourth-order valence-electron chi connectivity index (χ4n) is 1.96. The van der Waals surface area contributed by atoms with Crippen LogP contribution in [-0.2, 0) is 10.9 Å². The summed E-state index contributed by atoms with van der Waals surface area (Å²) in [5.74, 6) is -1.78.